The van der Waals surface area contributed by atoms with Crippen molar-refractivity contribution in [1.82, 2.24) is 0 Å². The maximum absolute atomic E-state index is 12.6. The van der Waals surface area contributed by atoms with Crippen LogP contribution in [-0.4, -0.2) is 31.6 Å². The predicted octanol–water partition coefficient (Wildman–Crippen LogP) is 3.41. The number of carbonyl (C=O) groups is 2. The summed E-state index contributed by atoms with van der Waals surface area (Å²) < 4.78 is 11.1. The molecule has 0 unspecified atom stereocenters. The normalized spacial score (nSPS) is 18.5. The van der Waals surface area contributed by atoms with Crippen LogP contribution in [0.5, 0.6) is 11.5 Å². The first kappa shape index (κ1) is 17.7. The number of ether oxygens (including phenoxy) is 2. The molecule has 0 spiro atoms. The Bertz CT molecular complexity index is 915. The van der Waals surface area contributed by atoms with E-state index in [1.54, 1.807) is 29.2 Å². The van der Waals surface area contributed by atoms with Crippen LogP contribution in [0.3, 0.4) is 0 Å². The second-order valence-corrected chi connectivity index (χ2v) is 7.09. The van der Waals surface area contributed by atoms with Gasteiger partial charge in [0.05, 0.1) is 5.92 Å². The lowest BCUT2D eigenvalue weighted by molar-refractivity contribution is -0.122. The van der Waals surface area contributed by atoms with Gasteiger partial charge in [0.15, 0.2) is 11.5 Å². The van der Waals surface area contributed by atoms with Crippen LogP contribution in [0.15, 0.2) is 36.4 Å². The first-order valence-electron chi connectivity index (χ1n) is 8.78. The van der Waals surface area contributed by atoms with Crippen LogP contribution in [-0.2, 0) is 9.59 Å². The summed E-state index contributed by atoms with van der Waals surface area (Å²) in [5, 5.41) is 3.44. The number of halogens is 1. The Hall–Kier alpha value is -2.73. The SMILES string of the molecule is Cc1ccc(NC(=O)[C@@H]2CC(=O)N(c3ccc4c(c3)OCCO4)C2)cc1Cl. The highest BCUT2D eigenvalue weighted by molar-refractivity contribution is 6.31. The van der Waals surface area contributed by atoms with Gasteiger partial charge in [-0.05, 0) is 36.8 Å². The molecular weight excluding hydrogens is 368 g/mol. The van der Waals surface area contributed by atoms with E-state index in [-0.39, 0.29) is 18.2 Å². The number of nitrogens with zero attached hydrogens (tertiary/aromatic N) is 1. The standard InChI is InChI=1S/C20H19ClN2O4/c1-12-2-3-14(9-16(12)21)22-20(25)13-8-19(24)23(11-13)15-4-5-17-18(10-15)27-7-6-26-17/h2-5,9-10,13H,6-8,11H2,1H3,(H,22,25)/t13-/m1/s1. The summed E-state index contributed by atoms with van der Waals surface area (Å²) in [6.45, 7) is 3.22. The largest absolute Gasteiger partial charge is 0.486 e. The number of fused-ring (bicyclic) bond motifs is 1. The average Bonchev–Trinajstić information content (AvgIpc) is 3.06. The number of carbonyl (C=O) groups excluding carboxylic acids is 2. The first-order chi connectivity index (χ1) is 13.0. The predicted molar refractivity (Wildman–Crippen MR) is 103 cm³/mol. The number of hydrogen-bond acceptors (Lipinski definition) is 4. The van der Waals surface area contributed by atoms with Gasteiger partial charge in [0.1, 0.15) is 13.2 Å². The van der Waals surface area contributed by atoms with E-state index in [0.29, 0.717) is 47.7 Å². The molecule has 0 saturated carbocycles. The van der Waals surface area contributed by atoms with Crippen molar-refractivity contribution in [3.8, 4) is 11.5 Å². The van der Waals surface area contributed by atoms with Crippen LogP contribution in [0.25, 0.3) is 0 Å². The van der Waals surface area contributed by atoms with Gasteiger partial charge in [-0.2, -0.15) is 0 Å². The van der Waals surface area contributed by atoms with E-state index < -0.39 is 5.92 Å². The third-order valence-corrected chi connectivity index (χ3v) is 5.18. The zero-order chi connectivity index (χ0) is 19.0. The quantitative estimate of drug-likeness (QED) is 0.877. The number of benzene rings is 2. The van der Waals surface area contributed by atoms with Gasteiger partial charge >= 0.3 is 0 Å². The second-order valence-electron chi connectivity index (χ2n) is 6.69. The van der Waals surface area contributed by atoms with E-state index in [1.165, 1.54) is 0 Å². The van der Waals surface area contributed by atoms with Crippen molar-refractivity contribution in [2.75, 3.05) is 30.0 Å². The first-order valence-corrected chi connectivity index (χ1v) is 9.16. The molecule has 1 atom stereocenters. The van der Waals surface area contributed by atoms with E-state index >= 15 is 0 Å². The number of nitrogens with one attached hydrogen (secondary N) is 1. The fourth-order valence-electron chi connectivity index (χ4n) is 3.25. The zero-order valence-electron chi connectivity index (χ0n) is 14.8. The molecule has 140 valence electrons. The van der Waals surface area contributed by atoms with Crippen LogP contribution in [0.2, 0.25) is 5.02 Å². The van der Waals surface area contributed by atoms with Crippen molar-refractivity contribution in [1.29, 1.82) is 0 Å². The molecule has 6 nitrogen and oxygen atoms in total. The summed E-state index contributed by atoms with van der Waals surface area (Å²) in [5.41, 5.74) is 2.27. The molecule has 1 N–H and O–H groups in total. The summed E-state index contributed by atoms with van der Waals surface area (Å²) in [6.07, 6.45) is 0.167. The molecule has 1 fully saturated rings. The lowest BCUT2D eigenvalue weighted by atomic mass is 10.1. The number of aryl methyl sites for hydroxylation is 1. The Morgan fingerprint density at radius 2 is 1.93 bits per heavy atom. The third-order valence-electron chi connectivity index (χ3n) is 4.77. The van der Waals surface area contributed by atoms with Crippen molar-refractivity contribution in [2.24, 2.45) is 5.92 Å². The average molecular weight is 387 g/mol. The molecule has 1 saturated heterocycles. The minimum Gasteiger partial charge on any atom is -0.486 e. The molecule has 2 aromatic rings. The van der Waals surface area contributed by atoms with Crippen LogP contribution in [0.4, 0.5) is 11.4 Å². The lowest BCUT2D eigenvalue weighted by Gasteiger charge is -2.22. The molecule has 2 aliphatic heterocycles. The van der Waals surface area contributed by atoms with Crippen LogP contribution < -0.4 is 19.7 Å². The summed E-state index contributed by atoms with van der Waals surface area (Å²) in [6, 6.07) is 10.7. The van der Waals surface area contributed by atoms with E-state index in [1.807, 2.05) is 19.1 Å². The van der Waals surface area contributed by atoms with Crippen molar-refractivity contribution < 1.29 is 19.1 Å². The molecule has 2 aliphatic rings. The Kier molecular flexibility index (Phi) is 4.66. The Balaban J connectivity index is 1.47. The topological polar surface area (TPSA) is 67.9 Å². The highest BCUT2D eigenvalue weighted by Gasteiger charge is 2.35. The minimum absolute atomic E-state index is 0.0891. The van der Waals surface area contributed by atoms with E-state index in [2.05, 4.69) is 5.32 Å². The molecule has 2 heterocycles. The van der Waals surface area contributed by atoms with Crippen molar-refractivity contribution >= 4 is 34.8 Å². The second kappa shape index (κ2) is 7.12. The van der Waals surface area contributed by atoms with Gasteiger partial charge in [-0.3, -0.25) is 9.59 Å². The van der Waals surface area contributed by atoms with Crippen molar-refractivity contribution in [3.05, 3.63) is 47.0 Å². The number of anilines is 2. The molecule has 0 aliphatic carbocycles. The van der Waals surface area contributed by atoms with Gasteiger partial charge in [0.25, 0.3) is 0 Å². The Morgan fingerprint density at radius 3 is 2.70 bits per heavy atom. The Morgan fingerprint density at radius 1 is 1.15 bits per heavy atom. The monoisotopic (exact) mass is 386 g/mol. The van der Waals surface area contributed by atoms with Gasteiger partial charge in [-0.15, -0.1) is 0 Å². The van der Waals surface area contributed by atoms with Gasteiger partial charge in [-0.1, -0.05) is 17.7 Å². The van der Waals surface area contributed by atoms with Crippen molar-refractivity contribution in [3.63, 3.8) is 0 Å². The summed E-state index contributed by atoms with van der Waals surface area (Å²) >= 11 is 6.11. The smallest absolute Gasteiger partial charge is 0.229 e. The third kappa shape index (κ3) is 3.57. The maximum atomic E-state index is 12.6. The molecule has 2 amide bonds. The highest BCUT2D eigenvalue weighted by atomic mass is 35.5. The minimum atomic E-state index is -0.425. The van der Waals surface area contributed by atoms with Crippen LogP contribution in [0.1, 0.15) is 12.0 Å². The van der Waals surface area contributed by atoms with E-state index in [4.69, 9.17) is 21.1 Å². The highest BCUT2D eigenvalue weighted by Crippen LogP contribution is 2.36. The van der Waals surface area contributed by atoms with Gasteiger partial charge < -0.3 is 19.7 Å². The number of amides is 2. The van der Waals surface area contributed by atoms with Gasteiger partial charge in [0, 0.05) is 35.4 Å². The van der Waals surface area contributed by atoms with Gasteiger partial charge in [0.2, 0.25) is 11.8 Å². The van der Waals surface area contributed by atoms with Gasteiger partial charge in [-0.25, -0.2) is 0 Å². The molecule has 0 aromatic heterocycles. The maximum Gasteiger partial charge on any atom is 0.229 e. The van der Waals surface area contributed by atoms with Crippen LogP contribution >= 0.6 is 11.6 Å². The summed E-state index contributed by atoms with van der Waals surface area (Å²) in [7, 11) is 0. The molecule has 27 heavy (non-hydrogen) atoms. The number of rotatable bonds is 3. The van der Waals surface area contributed by atoms with E-state index in [0.717, 1.165) is 5.56 Å². The zero-order valence-corrected chi connectivity index (χ0v) is 15.6. The Labute approximate surface area is 162 Å². The van der Waals surface area contributed by atoms with Crippen molar-refractivity contribution in [2.45, 2.75) is 13.3 Å². The molecule has 0 radical (unpaired) electrons. The fourth-order valence-corrected chi connectivity index (χ4v) is 3.43. The number of hydrogen-bond donors (Lipinski definition) is 1. The summed E-state index contributed by atoms with van der Waals surface area (Å²) in [4.78, 5) is 26.7. The summed E-state index contributed by atoms with van der Waals surface area (Å²) in [5.74, 6) is 0.582. The lowest BCUT2D eigenvalue weighted by Crippen LogP contribution is -2.28. The fraction of sp³-hybridized carbons (Fsp3) is 0.300. The molecular formula is C20H19ClN2O4. The molecule has 4 rings (SSSR count). The molecule has 0 bridgehead atoms. The van der Waals surface area contributed by atoms with Crippen LogP contribution in [0, 0.1) is 12.8 Å². The molecule has 7 heteroatoms. The molecule has 2 aromatic carbocycles. The van der Waals surface area contributed by atoms with E-state index in [9.17, 15) is 9.59 Å².